The van der Waals surface area contributed by atoms with Crippen LogP contribution in [-0.4, -0.2) is 59.7 Å². The van der Waals surface area contributed by atoms with Crippen LogP contribution in [0.3, 0.4) is 0 Å². The third kappa shape index (κ3) is 4.23. The van der Waals surface area contributed by atoms with Crippen molar-refractivity contribution in [1.29, 1.82) is 0 Å². The van der Waals surface area contributed by atoms with Crippen molar-refractivity contribution in [3.8, 4) is 0 Å². The lowest BCUT2D eigenvalue weighted by Crippen LogP contribution is -2.48. The van der Waals surface area contributed by atoms with Gasteiger partial charge in [-0.05, 0) is 25.1 Å². The molecule has 136 valence electrons. The molecule has 0 fully saturated rings. The molecule has 0 aliphatic carbocycles. The summed E-state index contributed by atoms with van der Waals surface area (Å²) >= 11 is 0. The maximum Gasteiger partial charge on any atom is 0.346 e. The molecule has 0 bridgehead atoms. The number of fused-ring (bicyclic) bond motifs is 1. The molecule has 0 aliphatic heterocycles. The lowest BCUT2D eigenvalue weighted by molar-refractivity contribution is -0.0953. The van der Waals surface area contributed by atoms with Crippen LogP contribution in [0.5, 0.6) is 0 Å². The van der Waals surface area contributed by atoms with Gasteiger partial charge in [-0.2, -0.15) is 0 Å². The second-order valence-electron chi connectivity index (χ2n) is 5.73. The third-order valence-electron chi connectivity index (χ3n) is 4.01. The lowest BCUT2D eigenvalue weighted by atomic mass is 10.0. The summed E-state index contributed by atoms with van der Waals surface area (Å²) in [7, 11) is 1.33. The minimum Gasteiger partial charge on any atom is -0.422 e. The number of methoxy groups -OCH3 is 1. The van der Waals surface area contributed by atoms with E-state index in [0.29, 0.717) is 17.4 Å². The molecule has 4 atom stereocenters. The van der Waals surface area contributed by atoms with Gasteiger partial charge >= 0.3 is 5.63 Å². The molecule has 3 unspecified atom stereocenters. The lowest BCUT2D eigenvalue weighted by Gasteiger charge is -2.29. The fourth-order valence-electron chi connectivity index (χ4n) is 2.49. The van der Waals surface area contributed by atoms with E-state index in [2.05, 4.69) is 5.32 Å². The number of carbonyl (C=O) groups excluding carboxylic acids is 1. The van der Waals surface area contributed by atoms with E-state index < -0.39 is 36.6 Å². The minimum atomic E-state index is -1.29. The number of hydrogen-bond acceptors (Lipinski definition) is 8. The van der Waals surface area contributed by atoms with Gasteiger partial charge in [-0.1, -0.05) is 0 Å². The van der Waals surface area contributed by atoms with E-state index in [0.717, 1.165) is 0 Å². The van der Waals surface area contributed by atoms with Gasteiger partial charge in [0.15, 0.2) is 6.29 Å². The highest BCUT2D eigenvalue weighted by atomic mass is 16.5. The molecule has 2 rings (SSSR count). The number of anilines is 1. The normalized spacial score (nSPS) is 16.2. The monoisotopic (exact) mass is 351 g/mol. The topological polar surface area (TPSA) is 129 Å². The number of carbonyl (C=O) groups is 1. The van der Waals surface area contributed by atoms with Crippen molar-refractivity contribution in [1.82, 2.24) is 0 Å². The highest BCUT2D eigenvalue weighted by molar-refractivity contribution is 5.86. The van der Waals surface area contributed by atoms with Crippen molar-refractivity contribution >= 4 is 22.9 Å². The van der Waals surface area contributed by atoms with Crippen LogP contribution in [0.2, 0.25) is 0 Å². The van der Waals surface area contributed by atoms with Crippen LogP contribution in [0.15, 0.2) is 33.5 Å². The Balaban J connectivity index is 2.19. The molecule has 0 saturated carbocycles. The van der Waals surface area contributed by atoms with Crippen molar-refractivity contribution in [3.05, 3.63) is 40.2 Å². The first-order valence-electron chi connectivity index (χ1n) is 7.70. The molecule has 1 heterocycles. The summed E-state index contributed by atoms with van der Waals surface area (Å²) in [6.45, 7) is 1.22. The first kappa shape index (κ1) is 19.1. The van der Waals surface area contributed by atoms with E-state index in [1.165, 1.54) is 13.2 Å². The van der Waals surface area contributed by atoms with E-state index in [-0.39, 0.29) is 11.1 Å². The first-order valence-corrected chi connectivity index (χ1v) is 7.70. The molecule has 1 aromatic heterocycles. The zero-order chi connectivity index (χ0) is 18.6. The number of nitrogens with one attached hydrogen (secondary N) is 1. The van der Waals surface area contributed by atoms with E-state index in [4.69, 9.17) is 14.3 Å². The maximum atomic E-state index is 11.6. The van der Waals surface area contributed by atoms with Crippen LogP contribution in [0.4, 0.5) is 5.69 Å². The van der Waals surface area contributed by atoms with Crippen LogP contribution < -0.4 is 10.9 Å². The molecule has 0 radical (unpaired) electrons. The number of ether oxygens (including phenoxy) is 1. The van der Waals surface area contributed by atoms with E-state index in [9.17, 15) is 19.8 Å². The second-order valence-corrected chi connectivity index (χ2v) is 5.73. The fraction of sp³-hybridized carbons (Fsp3) is 0.412. The highest BCUT2D eigenvalue weighted by Gasteiger charge is 2.30. The third-order valence-corrected chi connectivity index (χ3v) is 4.01. The summed E-state index contributed by atoms with van der Waals surface area (Å²) in [5, 5.41) is 32.9. The van der Waals surface area contributed by atoms with Crippen molar-refractivity contribution < 1.29 is 29.3 Å². The van der Waals surface area contributed by atoms with Gasteiger partial charge in [0.05, 0.1) is 12.6 Å². The smallest absolute Gasteiger partial charge is 0.346 e. The Labute approximate surface area is 143 Å². The number of hydrogen-bond donors (Lipinski definition) is 4. The molecule has 8 heteroatoms. The van der Waals surface area contributed by atoms with Gasteiger partial charge in [0.2, 0.25) is 0 Å². The maximum absolute atomic E-state index is 11.6. The molecular formula is C17H21NO7. The van der Waals surface area contributed by atoms with Crippen molar-refractivity contribution in [2.75, 3.05) is 19.0 Å². The summed E-state index contributed by atoms with van der Waals surface area (Å²) < 4.78 is 10.0. The Morgan fingerprint density at radius 2 is 2.00 bits per heavy atom. The van der Waals surface area contributed by atoms with E-state index in [1.807, 2.05) is 0 Å². The molecule has 0 saturated heterocycles. The van der Waals surface area contributed by atoms with Crippen LogP contribution in [-0.2, 0) is 4.74 Å². The summed E-state index contributed by atoms with van der Waals surface area (Å²) in [5.74, 6) is 0. The van der Waals surface area contributed by atoms with Gasteiger partial charge in [0.25, 0.3) is 0 Å². The summed E-state index contributed by atoms with van der Waals surface area (Å²) in [6, 6.07) is 5.75. The number of aliphatic hydroxyl groups excluding tert-OH is 3. The summed E-state index contributed by atoms with van der Waals surface area (Å²) in [5.41, 5.74) is 0.0444. The molecule has 1 aromatic carbocycles. The molecule has 0 spiro atoms. The van der Waals surface area contributed by atoms with Gasteiger partial charge in [-0.15, -0.1) is 0 Å². The fourth-order valence-corrected chi connectivity index (χ4v) is 2.49. The van der Waals surface area contributed by atoms with E-state index >= 15 is 0 Å². The zero-order valence-electron chi connectivity index (χ0n) is 13.9. The molecule has 0 aliphatic rings. The van der Waals surface area contributed by atoms with Crippen LogP contribution in [0.1, 0.15) is 17.3 Å². The zero-order valence-corrected chi connectivity index (χ0v) is 13.9. The largest absolute Gasteiger partial charge is 0.422 e. The number of benzene rings is 1. The van der Waals surface area contributed by atoms with Gasteiger partial charge < -0.3 is 29.8 Å². The van der Waals surface area contributed by atoms with Crippen LogP contribution in [0.25, 0.3) is 11.0 Å². The second kappa shape index (κ2) is 8.21. The van der Waals surface area contributed by atoms with Crippen molar-refractivity contribution in [2.45, 2.75) is 31.3 Å². The Bertz CT molecular complexity index is 784. The summed E-state index contributed by atoms with van der Waals surface area (Å²) in [4.78, 5) is 22.4. The van der Waals surface area contributed by atoms with Gasteiger partial charge in [0.1, 0.15) is 29.5 Å². The molecule has 0 amide bonds. The number of aldehydes is 1. The number of rotatable bonds is 8. The van der Waals surface area contributed by atoms with Crippen LogP contribution in [0, 0.1) is 0 Å². The number of aliphatic hydroxyl groups is 3. The molecule has 25 heavy (non-hydrogen) atoms. The van der Waals surface area contributed by atoms with Gasteiger partial charge in [-0.25, -0.2) is 4.79 Å². The first-order chi connectivity index (χ1) is 11.9. The molecular weight excluding hydrogens is 330 g/mol. The van der Waals surface area contributed by atoms with Gasteiger partial charge in [0, 0.05) is 24.2 Å². The predicted molar refractivity (Wildman–Crippen MR) is 90.9 cm³/mol. The van der Waals surface area contributed by atoms with Crippen molar-refractivity contribution in [2.24, 2.45) is 0 Å². The van der Waals surface area contributed by atoms with Crippen molar-refractivity contribution in [3.63, 3.8) is 0 Å². The highest BCUT2D eigenvalue weighted by Crippen LogP contribution is 2.20. The SMILES string of the molecule is COC(CO)C(O)C(O)[C@@H](C)Nc1ccc2cc(C=O)c(=O)oc2c1. The van der Waals surface area contributed by atoms with Crippen LogP contribution >= 0.6 is 0 Å². The molecule has 2 aromatic rings. The molecule has 4 N–H and O–H groups in total. The minimum absolute atomic E-state index is 0.0604. The Hall–Kier alpha value is -2.26. The Kier molecular flexibility index (Phi) is 6.27. The standard InChI is InChI=1S/C17H21NO7/c1-9(15(21)16(22)14(8-20)24-2)18-12-4-3-10-5-11(7-19)17(23)25-13(10)6-12/h3-7,9,14-16,18,20-22H,8H2,1-2H3/t9-,14?,15?,16?/m1/s1. The average Bonchev–Trinajstić information content (AvgIpc) is 2.61. The summed E-state index contributed by atoms with van der Waals surface area (Å²) in [6.07, 6.45) is -2.97. The predicted octanol–water partition coefficient (Wildman–Crippen LogP) is 0.135. The van der Waals surface area contributed by atoms with E-state index in [1.54, 1.807) is 25.1 Å². The average molecular weight is 351 g/mol. The Morgan fingerprint density at radius 3 is 2.60 bits per heavy atom. The Morgan fingerprint density at radius 1 is 1.28 bits per heavy atom. The molecule has 8 nitrogen and oxygen atoms in total. The quantitative estimate of drug-likeness (QED) is 0.390. The van der Waals surface area contributed by atoms with Gasteiger partial charge in [-0.3, -0.25) is 4.79 Å².